The molecule has 1 aromatic carbocycles. The van der Waals surface area contributed by atoms with Gasteiger partial charge in [-0.15, -0.1) is 23.1 Å². The maximum absolute atomic E-state index is 12.3. The number of ether oxygens (including phenoxy) is 2. The van der Waals surface area contributed by atoms with Gasteiger partial charge >= 0.3 is 0 Å². The molecule has 23 heavy (non-hydrogen) atoms. The molecule has 5 nitrogen and oxygen atoms in total. The van der Waals surface area contributed by atoms with E-state index in [9.17, 15) is 10.1 Å². The van der Waals surface area contributed by atoms with Gasteiger partial charge in [0.1, 0.15) is 18.2 Å². The van der Waals surface area contributed by atoms with Gasteiger partial charge in [-0.1, -0.05) is 0 Å². The zero-order valence-corrected chi connectivity index (χ0v) is 14.1. The van der Waals surface area contributed by atoms with Crippen LogP contribution < -0.4 is 9.47 Å². The molecule has 118 valence electrons. The summed E-state index contributed by atoms with van der Waals surface area (Å²) in [4.78, 5) is 17.5. The van der Waals surface area contributed by atoms with Crippen LogP contribution in [0.1, 0.15) is 16.6 Å². The Balaban J connectivity index is 1.65. The molecule has 1 aliphatic rings. The van der Waals surface area contributed by atoms with Crippen molar-refractivity contribution in [3.8, 4) is 17.6 Å². The van der Waals surface area contributed by atoms with Crippen molar-refractivity contribution in [2.24, 2.45) is 0 Å². The summed E-state index contributed by atoms with van der Waals surface area (Å²) in [5.41, 5.74) is 0.831. The third-order valence-electron chi connectivity index (χ3n) is 3.23. The minimum atomic E-state index is -0.793. The number of carbonyl (C=O) groups excluding carboxylic acids is 1. The molecule has 3 rings (SSSR count). The summed E-state index contributed by atoms with van der Waals surface area (Å²) < 4.78 is 11.0. The lowest BCUT2D eigenvalue weighted by molar-refractivity contribution is -0.116. The number of hydrogen-bond donors (Lipinski definition) is 0. The Kier molecular flexibility index (Phi) is 4.84. The number of nitriles is 1. The largest absolute Gasteiger partial charge is 0.486 e. The smallest absolute Gasteiger partial charge is 0.167 e. The third-order valence-corrected chi connectivity index (χ3v) is 5.27. The number of benzene rings is 1. The van der Waals surface area contributed by atoms with Crippen LogP contribution in [0.3, 0.4) is 0 Å². The number of hydrogen-bond acceptors (Lipinski definition) is 7. The zero-order chi connectivity index (χ0) is 16.2. The summed E-state index contributed by atoms with van der Waals surface area (Å²) in [5, 5.41) is 11.7. The molecular formula is C16H14N2O3S2. The number of Topliss-reactive ketones (excluding diaryl/α,β-unsaturated/α-hetero) is 1. The van der Waals surface area contributed by atoms with Crippen molar-refractivity contribution in [2.75, 3.05) is 19.0 Å². The highest BCUT2D eigenvalue weighted by atomic mass is 32.2. The molecule has 1 atom stereocenters. The standard InChI is InChI=1S/C16H14N2O3S2/c1-10-8-23-16(18-10)12(7-17)13(19)9-22-11-2-3-14-15(6-11)21-5-4-20-14/h2-3,6,8,12H,4-5,9H2,1H3. The second-order valence-electron chi connectivity index (χ2n) is 4.95. The number of thiazole rings is 1. The molecule has 0 fully saturated rings. The summed E-state index contributed by atoms with van der Waals surface area (Å²) in [6.07, 6.45) is 0. The fourth-order valence-electron chi connectivity index (χ4n) is 2.12. The van der Waals surface area contributed by atoms with E-state index in [0.29, 0.717) is 24.0 Å². The summed E-state index contributed by atoms with van der Waals surface area (Å²) >= 11 is 2.74. The van der Waals surface area contributed by atoms with Crippen LogP contribution in [0.15, 0.2) is 28.5 Å². The van der Waals surface area contributed by atoms with Crippen molar-refractivity contribution in [1.29, 1.82) is 5.26 Å². The van der Waals surface area contributed by atoms with Crippen LogP contribution in [0.25, 0.3) is 0 Å². The van der Waals surface area contributed by atoms with Crippen molar-refractivity contribution in [2.45, 2.75) is 17.7 Å². The topological polar surface area (TPSA) is 72.2 Å². The van der Waals surface area contributed by atoms with Gasteiger partial charge in [0.05, 0.1) is 11.8 Å². The Morgan fingerprint density at radius 2 is 2.22 bits per heavy atom. The van der Waals surface area contributed by atoms with Crippen LogP contribution >= 0.6 is 23.1 Å². The Morgan fingerprint density at radius 1 is 1.43 bits per heavy atom. The van der Waals surface area contributed by atoms with Crippen molar-refractivity contribution >= 4 is 28.9 Å². The molecule has 0 saturated carbocycles. The Morgan fingerprint density at radius 3 is 2.91 bits per heavy atom. The molecule has 7 heteroatoms. The summed E-state index contributed by atoms with van der Waals surface area (Å²) in [5.74, 6) is 0.706. The predicted octanol–water partition coefficient (Wildman–Crippen LogP) is 3.19. The predicted molar refractivity (Wildman–Crippen MR) is 88.4 cm³/mol. The minimum Gasteiger partial charge on any atom is -0.486 e. The Hall–Kier alpha value is -2.04. The van der Waals surface area contributed by atoms with Crippen molar-refractivity contribution in [1.82, 2.24) is 4.98 Å². The van der Waals surface area contributed by atoms with E-state index in [-0.39, 0.29) is 11.5 Å². The Bertz CT molecular complexity index is 767. The van der Waals surface area contributed by atoms with Crippen LogP contribution in [0, 0.1) is 18.3 Å². The highest BCUT2D eigenvalue weighted by molar-refractivity contribution is 8.00. The highest BCUT2D eigenvalue weighted by Gasteiger charge is 2.23. The normalized spacial score (nSPS) is 14.1. The van der Waals surface area contributed by atoms with Crippen LogP contribution in [-0.2, 0) is 4.79 Å². The minimum absolute atomic E-state index is 0.137. The van der Waals surface area contributed by atoms with Gasteiger partial charge in [0, 0.05) is 16.0 Å². The lowest BCUT2D eigenvalue weighted by Crippen LogP contribution is -2.15. The average molecular weight is 346 g/mol. The number of carbonyl (C=O) groups is 1. The first kappa shape index (κ1) is 15.8. The van der Waals surface area contributed by atoms with E-state index in [1.165, 1.54) is 23.1 Å². The molecule has 0 radical (unpaired) electrons. The maximum atomic E-state index is 12.3. The fraction of sp³-hybridized carbons (Fsp3) is 0.312. The number of aromatic nitrogens is 1. The molecule has 1 unspecified atom stereocenters. The first-order valence-electron chi connectivity index (χ1n) is 7.04. The molecule has 0 amide bonds. The number of fused-ring (bicyclic) bond motifs is 1. The Labute approximate surface area is 142 Å². The van der Waals surface area contributed by atoms with E-state index < -0.39 is 5.92 Å². The molecule has 0 aliphatic carbocycles. The van der Waals surface area contributed by atoms with E-state index in [1.807, 2.05) is 30.5 Å². The lowest BCUT2D eigenvalue weighted by atomic mass is 10.1. The van der Waals surface area contributed by atoms with E-state index in [2.05, 4.69) is 11.1 Å². The van der Waals surface area contributed by atoms with Crippen molar-refractivity contribution in [3.63, 3.8) is 0 Å². The quantitative estimate of drug-likeness (QED) is 0.774. The van der Waals surface area contributed by atoms with Gasteiger partial charge in [-0.3, -0.25) is 4.79 Å². The first-order valence-corrected chi connectivity index (χ1v) is 8.90. The highest BCUT2D eigenvalue weighted by Crippen LogP contribution is 2.34. The molecule has 0 saturated heterocycles. The SMILES string of the molecule is Cc1csc(C(C#N)C(=O)CSc2ccc3c(c2)OCCO3)n1. The number of rotatable bonds is 5. The number of ketones is 1. The first-order chi connectivity index (χ1) is 11.2. The molecule has 2 aromatic rings. The van der Waals surface area contributed by atoms with Gasteiger partial charge < -0.3 is 9.47 Å². The molecule has 0 N–H and O–H groups in total. The summed E-state index contributed by atoms with van der Waals surface area (Å²) in [6, 6.07) is 7.65. The average Bonchev–Trinajstić information content (AvgIpc) is 2.99. The van der Waals surface area contributed by atoms with E-state index in [1.54, 1.807) is 0 Å². The van der Waals surface area contributed by atoms with Gasteiger partial charge in [-0.25, -0.2) is 4.98 Å². The number of aryl methyl sites for hydroxylation is 1. The molecule has 0 bridgehead atoms. The number of thioether (sulfide) groups is 1. The second kappa shape index (κ2) is 7.02. The molecule has 1 aliphatic heterocycles. The van der Waals surface area contributed by atoms with Gasteiger partial charge in [-0.05, 0) is 25.1 Å². The molecule has 0 spiro atoms. The van der Waals surface area contributed by atoms with Crippen LogP contribution in [0.5, 0.6) is 11.5 Å². The van der Waals surface area contributed by atoms with E-state index in [4.69, 9.17) is 9.47 Å². The maximum Gasteiger partial charge on any atom is 0.167 e. The van der Waals surface area contributed by atoms with Crippen LogP contribution in [0.4, 0.5) is 0 Å². The fourth-order valence-corrected chi connectivity index (χ4v) is 3.81. The van der Waals surface area contributed by atoms with E-state index in [0.717, 1.165) is 16.3 Å². The van der Waals surface area contributed by atoms with Gasteiger partial charge in [0.25, 0.3) is 0 Å². The van der Waals surface area contributed by atoms with Gasteiger partial charge in [0.15, 0.2) is 23.2 Å². The summed E-state index contributed by atoms with van der Waals surface area (Å²) in [6.45, 7) is 2.93. The lowest BCUT2D eigenvalue weighted by Gasteiger charge is -2.18. The van der Waals surface area contributed by atoms with Crippen molar-refractivity contribution < 1.29 is 14.3 Å². The van der Waals surface area contributed by atoms with Gasteiger partial charge in [-0.2, -0.15) is 5.26 Å². The monoisotopic (exact) mass is 346 g/mol. The molecular weight excluding hydrogens is 332 g/mol. The van der Waals surface area contributed by atoms with Crippen LogP contribution in [-0.4, -0.2) is 29.7 Å². The van der Waals surface area contributed by atoms with E-state index >= 15 is 0 Å². The summed E-state index contributed by atoms with van der Waals surface area (Å²) in [7, 11) is 0. The second-order valence-corrected chi connectivity index (χ2v) is 6.89. The molecule has 1 aromatic heterocycles. The van der Waals surface area contributed by atoms with Gasteiger partial charge in [0.2, 0.25) is 0 Å². The molecule has 2 heterocycles. The van der Waals surface area contributed by atoms with Crippen molar-refractivity contribution in [3.05, 3.63) is 34.3 Å². The number of nitrogens with zero attached hydrogens (tertiary/aromatic N) is 2. The zero-order valence-electron chi connectivity index (χ0n) is 12.4. The van der Waals surface area contributed by atoms with Crippen LogP contribution in [0.2, 0.25) is 0 Å². The third kappa shape index (κ3) is 3.66.